The van der Waals surface area contributed by atoms with Crippen LogP contribution in [-0.4, -0.2) is 17.9 Å². The number of nitrogens with zero attached hydrogens (tertiary/aromatic N) is 2. The first-order valence-corrected chi connectivity index (χ1v) is 5.76. The average molecular weight is 272 g/mol. The van der Waals surface area contributed by atoms with Gasteiger partial charge in [-0.1, -0.05) is 18.5 Å². The number of hydrogen-bond donors (Lipinski definition) is 1. The number of rotatable bonds is 5. The van der Waals surface area contributed by atoms with Gasteiger partial charge in [0.15, 0.2) is 0 Å². The number of nitrogens with one attached hydrogen (secondary N) is 1. The number of hydrogen-bond acceptors (Lipinski definition) is 5. The van der Waals surface area contributed by atoms with Crippen molar-refractivity contribution in [3.8, 4) is 0 Å². The molecule has 0 bridgehead atoms. The van der Waals surface area contributed by atoms with Crippen LogP contribution in [-0.2, 0) is 4.74 Å². The monoisotopic (exact) mass is 271 g/mol. The highest BCUT2D eigenvalue weighted by Crippen LogP contribution is 2.27. The molecule has 1 rings (SSSR count). The molecule has 7 heteroatoms. The molecule has 1 aromatic rings. The van der Waals surface area contributed by atoms with Gasteiger partial charge in [-0.2, -0.15) is 0 Å². The maximum Gasteiger partial charge on any atom is 0.294 e. The second kappa shape index (κ2) is 6.80. The fourth-order valence-electron chi connectivity index (χ4n) is 1.30. The Labute approximate surface area is 110 Å². The summed E-state index contributed by atoms with van der Waals surface area (Å²) < 4.78 is 5.03. The van der Waals surface area contributed by atoms with Crippen LogP contribution in [0.4, 0.5) is 11.4 Å². The van der Waals surface area contributed by atoms with E-state index in [0.717, 1.165) is 6.42 Å². The molecule has 98 valence electrons. The number of halogens is 1. The lowest BCUT2D eigenvalue weighted by Gasteiger charge is -2.06. The summed E-state index contributed by atoms with van der Waals surface area (Å²) in [6.07, 6.45) is 1.52. The Morgan fingerprint density at radius 2 is 2.33 bits per heavy atom. The molecule has 0 amide bonds. The van der Waals surface area contributed by atoms with Crippen molar-refractivity contribution in [2.24, 2.45) is 5.10 Å². The van der Waals surface area contributed by atoms with E-state index in [0.29, 0.717) is 17.3 Å². The van der Waals surface area contributed by atoms with Crippen molar-refractivity contribution < 1.29 is 9.66 Å². The van der Waals surface area contributed by atoms with Gasteiger partial charge < -0.3 is 4.74 Å². The first-order valence-electron chi connectivity index (χ1n) is 5.39. The van der Waals surface area contributed by atoms with Crippen LogP contribution in [0, 0.1) is 10.1 Å². The minimum absolute atomic E-state index is 0.0879. The van der Waals surface area contributed by atoms with E-state index in [9.17, 15) is 10.1 Å². The largest absolute Gasteiger partial charge is 0.483 e. The van der Waals surface area contributed by atoms with E-state index in [4.69, 9.17) is 16.3 Å². The van der Waals surface area contributed by atoms with Crippen molar-refractivity contribution >= 4 is 28.9 Å². The van der Waals surface area contributed by atoms with E-state index < -0.39 is 4.92 Å². The van der Waals surface area contributed by atoms with E-state index in [-0.39, 0.29) is 11.4 Å². The topological polar surface area (TPSA) is 76.8 Å². The van der Waals surface area contributed by atoms with E-state index in [1.54, 1.807) is 0 Å². The summed E-state index contributed by atoms with van der Waals surface area (Å²) in [5.41, 5.74) is 2.75. The molecule has 6 nitrogen and oxygen atoms in total. The molecule has 0 saturated heterocycles. The molecule has 0 spiro atoms. The number of nitro groups is 1. The van der Waals surface area contributed by atoms with Crippen molar-refractivity contribution in [1.82, 2.24) is 0 Å². The molecular weight excluding hydrogens is 258 g/mol. The van der Waals surface area contributed by atoms with Crippen LogP contribution >= 0.6 is 11.6 Å². The molecule has 1 N–H and O–H groups in total. The second-order valence-corrected chi connectivity index (χ2v) is 3.93. The molecule has 0 heterocycles. The Hall–Kier alpha value is -1.82. The maximum absolute atomic E-state index is 10.8. The lowest BCUT2D eigenvalue weighted by Crippen LogP contribution is -2.05. The molecule has 1 aromatic carbocycles. The van der Waals surface area contributed by atoms with Crippen LogP contribution in [0.5, 0.6) is 0 Å². The second-order valence-electron chi connectivity index (χ2n) is 3.49. The molecule has 0 fully saturated rings. The number of nitro benzene ring substituents is 1. The molecule has 0 unspecified atom stereocenters. The summed E-state index contributed by atoms with van der Waals surface area (Å²) >= 11 is 5.79. The molecule has 0 radical (unpaired) electrons. The predicted octanol–water partition coefficient (Wildman–Crippen LogP) is 3.42. The molecule has 18 heavy (non-hydrogen) atoms. The van der Waals surface area contributed by atoms with E-state index in [1.165, 1.54) is 25.3 Å². The molecule has 0 saturated carbocycles. The third-order valence-electron chi connectivity index (χ3n) is 2.16. The zero-order valence-electron chi connectivity index (χ0n) is 10.1. The smallest absolute Gasteiger partial charge is 0.294 e. The number of ether oxygens (including phenoxy) is 1. The average Bonchev–Trinajstić information content (AvgIpc) is 2.34. The van der Waals surface area contributed by atoms with E-state index in [1.807, 2.05) is 6.92 Å². The van der Waals surface area contributed by atoms with Crippen molar-refractivity contribution in [3.63, 3.8) is 0 Å². The van der Waals surface area contributed by atoms with Gasteiger partial charge in [-0.25, -0.2) is 0 Å². The Bertz CT molecular complexity index is 463. The summed E-state index contributed by atoms with van der Waals surface area (Å²) in [5.74, 6) is 0.478. The molecule has 0 aliphatic heterocycles. The predicted molar refractivity (Wildman–Crippen MR) is 71.1 cm³/mol. The Morgan fingerprint density at radius 1 is 1.61 bits per heavy atom. The minimum atomic E-state index is -0.500. The molecular formula is C11H14ClN3O3. The van der Waals surface area contributed by atoms with Gasteiger partial charge in [-0.05, 0) is 18.6 Å². The van der Waals surface area contributed by atoms with Gasteiger partial charge in [0.05, 0.1) is 12.0 Å². The first kappa shape index (κ1) is 14.2. The lowest BCUT2D eigenvalue weighted by molar-refractivity contribution is -0.384. The summed E-state index contributed by atoms with van der Waals surface area (Å²) in [6, 6.07) is 4.23. The lowest BCUT2D eigenvalue weighted by atomic mass is 10.3. The zero-order chi connectivity index (χ0) is 13.5. The van der Waals surface area contributed by atoms with Crippen molar-refractivity contribution in [3.05, 3.63) is 33.3 Å². The fraction of sp³-hybridized carbons (Fsp3) is 0.364. The quantitative estimate of drug-likeness (QED) is 0.385. The first-order chi connectivity index (χ1) is 8.58. The summed E-state index contributed by atoms with van der Waals surface area (Å²) in [7, 11) is 1.50. The van der Waals surface area contributed by atoms with Crippen LogP contribution < -0.4 is 5.43 Å². The minimum Gasteiger partial charge on any atom is -0.483 e. The Kier molecular flexibility index (Phi) is 5.38. The van der Waals surface area contributed by atoms with Crippen molar-refractivity contribution in [2.75, 3.05) is 12.5 Å². The molecule has 0 aliphatic rings. The highest BCUT2D eigenvalue weighted by molar-refractivity contribution is 6.31. The Balaban J connectivity index is 2.95. The third kappa shape index (κ3) is 3.89. The third-order valence-corrected chi connectivity index (χ3v) is 2.39. The van der Waals surface area contributed by atoms with Gasteiger partial charge in [0, 0.05) is 17.5 Å². The van der Waals surface area contributed by atoms with Crippen LogP contribution in [0.25, 0.3) is 0 Å². The number of methoxy groups -OCH3 is 1. The highest BCUT2D eigenvalue weighted by Gasteiger charge is 2.13. The van der Waals surface area contributed by atoms with E-state index >= 15 is 0 Å². The highest BCUT2D eigenvalue weighted by atomic mass is 35.5. The summed E-state index contributed by atoms with van der Waals surface area (Å²) in [5, 5.41) is 15.2. The van der Waals surface area contributed by atoms with E-state index in [2.05, 4.69) is 10.5 Å². The summed E-state index contributed by atoms with van der Waals surface area (Å²) in [6.45, 7) is 1.98. The SMILES string of the molecule is CCCC(=NNc1cc(Cl)ccc1[N+](=O)[O-])OC. The van der Waals surface area contributed by atoms with Gasteiger partial charge in [0.25, 0.3) is 5.69 Å². The van der Waals surface area contributed by atoms with Crippen molar-refractivity contribution in [2.45, 2.75) is 19.8 Å². The van der Waals surface area contributed by atoms with Gasteiger partial charge in [-0.3, -0.25) is 15.5 Å². The number of benzene rings is 1. The summed E-state index contributed by atoms with van der Waals surface area (Å²) in [4.78, 5) is 10.3. The van der Waals surface area contributed by atoms with Gasteiger partial charge in [0.1, 0.15) is 5.69 Å². The number of hydrazone groups is 1. The van der Waals surface area contributed by atoms with Crippen LogP contribution in [0.3, 0.4) is 0 Å². The van der Waals surface area contributed by atoms with Gasteiger partial charge in [0.2, 0.25) is 5.90 Å². The van der Waals surface area contributed by atoms with Gasteiger partial charge in [-0.15, -0.1) is 5.10 Å². The zero-order valence-corrected chi connectivity index (χ0v) is 10.9. The normalized spacial score (nSPS) is 11.2. The van der Waals surface area contributed by atoms with Crippen LogP contribution in [0.15, 0.2) is 23.3 Å². The molecule has 0 aliphatic carbocycles. The standard InChI is InChI=1S/C11H14ClN3O3/c1-3-4-11(18-2)14-13-9-7-8(12)5-6-10(9)15(16)17/h5-7,13H,3-4H2,1-2H3. The number of anilines is 1. The van der Waals surface area contributed by atoms with Crippen LogP contribution in [0.1, 0.15) is 19.8 Å². The maximum atomic E-state index is 10.8. The van der Waals surface area contributed by atoms with Crippen molar-refractivity contribution in [1.29, 1.82) is 0 Å². The molecule has 0 aromatic heterocycles. The van der Waals surface area contributed by atoms with Gasteiger partial charge >= 0.3 is 0 Å². The van der Waals surface area contributed by atoms with Crippen LogP contribution in [0.2, 0.25) is 5.02 Å². The molecule has 0 atom stereocenters. The fourth-order valence-corrected chi connectivity index (χ4v) is 1.47. The Morgan fingerprint density at radius 3 is 2.89 bits per heavy atom.